The molecule has 1 aromatic rings. The highest BCUT2D eigenvalue weighted by atomic mass is 32.2. The van der Waals surface area contributed by atoms with Crippen LogP contribution in [0, 0.1) is 5.92 Å². The molecule has 0 aliphatic carbocycles. The van der Waals surface area contributed by atoms with Gasteiger partial charge >= 0.3 is 0 Å². The lowest BCUT2D eigenvalue weighted by Gasteiger charge is -2.23. The predicted octanol–water partition coefficient (Wildman–Crippen LogP) is 3.06. The van der Waals surface area contributed by atoms with Crippen LogP contribution in [0.1, 0.15) is 31.9 Å². The minimum absolute atomic E-state index is 0.00376. The highest BCUT2D eigenvalue weighted by molar-refractivity contribution is 8.13. The Bertz CT molecular complexity index is 490. The summed E-state index contributed by atoms with van der Waals surface area (Å²) in [4.78, 5) is 25.4. The molecule has 2 rings (SSSR count). The van der Waals surface area contributed by atoms with Gasteiger partial charge in [-0.3, -0.25) is 9.59 Å². The van der Waals surface area contributed by atoms with Crippen molar-refractivity contribution < 1.29 is 9.59 Å². The van der Waals surface area contributed by atoms with Crippen molar-refractivity contribution in [1.82, 2.24) is 10.2 Å². The van der Waals surface area contributed by atoms with Crippen molar-refractivity contribution in [2.45, 2.75) is 26.3 Å². The van der Waals surface area contributed by atoms with Crippen LogP contribution in [-0.4, -0.2) is 34.9 Å². The molecule has 1 N–H and O–H groups in total. The molecular weight excluding hydrogens is 284 g/mol. The fourth-order valence-corrected chi connectivity index (χ4v) is 3.24. The van der Waals surface area contributed by atoms with Gasteiger partial charge in [0.05, 0.1) is 6.04 Å². The van der Waals surface area contributed by atoms with Gasteiger partial charge in [-0.2, -0.15) is 0 Å². The first kappa shape index (κ1) is 15.9. The zero-order valence-electron chi connectivity index (χ0n) is 12.5. The summed E-state index contributed by atoms with van der Waals surface area (Å²) in [5.74, 6) is 1.18. The molecule has 114 valence electrons. The van der Waals surface area contributed by atoms with Gasteiger partial charge in [-0.1, -0.05) is 55.9 Å². The van der Waals surface area contributed by atoms with E-state index in [0.717, 1.165) is 17.7 Å². The number of nitrogens with one attached hydrogen (secondary N) is 1. The largest absolute Gasteiger partial charge is 0.348 e. The molecule has 0 bridgehead atoms. The Hall–Kier alpha value is -1.49. The van der Waals surface area contributed by atoms with Gasteiger partial charge in [0.25, 0.3) is 5.24 Å². The summed E-state index contributed by atoms with van der Waals surface area (Å²) < 4.78 is 0. The number of benzene rings is 1. The third-order valence-corrected chi connectivity index (χ3v) is 4.32. The minimum atomic E-state index is -0.0830. The summed E-state index contributed by atoms with van der Waals surface area (Å²) in [5, 5.41) is 3.07. The lowest BCUT2D eigenvalue weighted by Crippen LogP contribution is -2.39. The van der Waals surface area contributed by atoms with Crippen molar-refractivity contribution in [1.29, 1.82) is 0 Å². The lowest BCUT2D eigenvalue weighted by molar-refractivity contribution is -0.122. The second-order valence-electron chi connectivity index (χ2n) is 5.70. The molecule has 2 amide bonds. The van der Waals surface area contributed by atoms with Gasteiger partial charge in [0.15, 0.2) is 0 Å². The molecule has 1 saturated heterocycles. The standard InChI is InChI=1S/C16H22N2O2S/c1-12(2)10-14(13-6-4-3-5-7-13)17-15(19)11-18-8-9-21-16(18)20/h3-7,12,14H,8-11H2,1-2H3,(H,17,19)/t14-/m0/s1. The maximum absolute atomic E-state index is 12.2. The maximum atomic E-state index is 12.2. The van der Waals surface area contributed by atoms with E-state index in [1.54, 1.807) is 4.90 Å². The molecule has 21 heavy (non-hydrogen) atoms. The summed E-state index contributed by atoms with van der Waals surface area (Å²) in [5.41, 5.74) is 1.11. The van der Waals surface area contributed by atoms with Crippen LogP contribution in [0.2, 0.25) is 0 Å². The molecule has 0 spiro atoms. The number of amides is 2. The first-order valence-electron chi connectivity index (χ1n) is 7.32. The quantitative estimate of drug-likeness (QED) is 0.879. The third-order valence-electron chi connectivity index (χ3n) is 3.42. The molecule has 1 atom stereocenters. The Balaban J connectivity index is 1.98. The highest BCUT2D eigenvalue weighted by Gasteiger charge is 2.24. The molecule has 5 heteroatoms. The fraction of sp³-hybridized carbons (Fsp3) is 0.500. The number of thioether (sulfide) groups is 1. The molecule has 1 fully saturated rings. The Kier molecular flexibility index (Phi) is 5.67. The van der Waals surface area contributed by atoms with Crippen LogP contribution in [0.4, 0.5) is 4.79 Å². The topological polar surface area (TPSA) is 49.4 Å². The Labute approximate surface area is 130 Å². The van der Waals surface area contributed by atoms with Crippen molar-refractivity contribution in [3.63, 3.8) is 0 Å². The van der Waals surface area contributed by atoms with Crippen molar-refractivity contribution in [3.05, 3.63) is 35.9 Å². The van der Waals surface area contributed by atoms with Gasteiger partial charge < -0.3 is 10.2 Å². The molecule has 0 aromatic heterocycles. The second kappa shape index (κ2) is 7.50. The first-order valence-corrected chi connectivity index (χ1v) is 8.31. The van der Waals surface area contributed by atoms with E-state index >= 15 is 0 Å². The smallest absolute Gasteiger partial charge is 0.282 e. The van der Waals surface area contributed by atoms with Gasteiger partial charge in [0, 0.05) is 12.3 Å². The molecule has 0 saturated carbocycles. The third kappa shape index (κ3) is 4.77. The van der Waals surface area contributed by atoms with Gasteiger partial charge in [-0.25, -0.2) is 0 Å². The van der Waals surface area contributed by atoms with Crippen LogP contribution < -0.4 is 5.32 Å². The molecule has 1 heterocycles. The number of carbonyl (C=O) groups excluding carboxylic acids is 2. The fourth-order valence-electron chi connectivity index (χ4n) is 2.42. The number of nitrogens with zero attached hydrogens (tertiary/aromatic N) is 1. The van der Waals surface area contributed by atoms with Crippen molar-refractivity contribution in [2.75, 3.05) is 18.8 Å². The summed E-state index contributed by atoms with van der Waals surface area (Å²) in [6.45, 7) is 5.11. The second-order valence-corrected chi connectivity index (χ2v) is 6.74. The summed E-state index contributed by atoms with van der Waals surface area (Å²) >= 11 is 1.28. The predicted molar refractivity (Wildman–Crippen MR) is 86.2 cm³/mol. The van der Waals surface area contributed by atoms with Crippen molar-refractivity contribution >= 4 is 22.9 Å². The van der Waals surface area contributed by atoms with Crippen LogP contribution in [0.5, 0.6) is 0 Å². The van der Waals surface area contributed by atoms with E-state index in [4.69, 9.17) is 0 Å². The minimum Gasteiger partial charge on any atom is -0.348 e. The van der Waals surface area contributed by atoms with Gasteiger partial charge in [0.2, 0.25) is 5.91 Å². The molecule has 1 aromatic carbocycles. The van der Waals surface area contributed by atoms with E-state index in [0.29, 0.717) is 12.5 Å². The van der Waals surface area contributed by atoms with Crippen molar-refractivity contribution in [2.24, 2.45) is 5.92 Å². The van der Waals surface area contributed by atoms with E-state index in [1.807, 2.05) is 30.3 Å². The summed E-state index contributed by atoms with van der Waals surface area (Å²) in [7, 11) is 0. The molecular formula is C16H22N2O2S. The average Bonchev–Trinajstić information content (AvgIpc) is 2.84. The highest BCUT2D eigenvalue weighted by Crippen LogP contribution is 2.21. The average molecular weight is 306 g/mol. The van der Waals surface area contributed by atoms with E-state index in [1.165, 1.54) is 11.8 Å². The van der Waals surface area contributed by atoms with Crippen LogP contribution in [-0.2, 0) is 4.79 Å². The van der Waals surface area contributed by atoms with Crippen LogP contribution >= 0.6 is 11.8 Å². The molecule has 4 nitrogen and oxygen atoms in total. The van der Waals surface area contributed by atoms with E-state index in [2.05, 4.69) is 19.2 Å². The van der Waals surface area contributed by atoms with Gasteiger partial charge in [-0.05, 0) is 17.9 Å². The van der Waals surface area contributed by atoms with Crippen molar-refractivity contribution in [3.8, 4) is 0 Å². The van der Waals surface area contributed by atoms with E-state index in [9.17, 15) is 9.59 Å². The Morgan fingerprint density at radius 2 is 2.05 bits per heavy atom. The Morgan fingerprint density at radius 1 is 1.33 bits per heavy atom. The lowest BCUT2D eigenvalue weighted by atomic mass is 9.97. The van der Waals surface area contributed by atoms with Gasteiger partial charge in [0.1, 0.15) is 6.54 Å². The zero-order chi connectivity index (χ0) is 15.2. The molecule has 0 radical (unpaired) electrons. The number of hydrogen-bond acceptors (Lipinski definition) is 3. The van der Waals surface area contributed by atoms with E-state index in [-0.39, 0.29) is 23.7 Å². The Morgan fingerprint density at radius 3 is 2.62 bits per heavy atom. The number of carbonyl (C=O) groups is 2. The molecule has 1 aliphatic heterocycles. The number of rotatable bonds is 6. The maximum Gasteiger partial charge on any atom is 0.282 e. The van der Waals surface area contributed by atoms with Crippen LogP contribution in [0.3, 0.4) is 0 Å². The summed E-state index contributed by atoms with van der Waals surface area (Å²) in [6, 6.07) is 10.0. The number of hydrogen-bond donors (Lipinski definition) is 1. The zero-order valence-corrected chi connectivity index (χ0v) is 13.4. The molecule has 1 aliphatic rings. The first-order chi connectivity index (χ1) is 10.1. The van der Waals surface area contributed by atoms with E-state index < -0.39 is 0 Å². The monoisotopic (exact) mass is 306 g/mol. The van der Waals surface area contributed by atoms with Crippen LogP contribution in [0.15, 0.2) is 30.3 Å². The normalized spacial score (nSPS) is 16.3. The summed E-state index contributed by atoms with van der Waals surface area (Å²) in [6.07, 6.45) is 0.887. The van der Waals surface area contributed by atoms with Crippen LogP contribution in [0.25, 0.3) is 0 Å². The van der Waals surface area contributed by atoms with Gasteiger partial charge in [-0.15, -0.1) is 0 Å². The SMILES string of the molecule is CC(C)C[C@H](NC(=O)CN1CCSC1=O)c1ccccc1. The molecule has 0 unspecified atom stereocenters.